The monoisotopic (exact) mass is 287 g/mol. The molecule has 3 unspecified atom stereocenters. The molecule has 1 aliphatic carbocycles. The molecule has 0 amide bonds. The average Bonchev–Trinajstić information content (AvgIpc) is 2.55. The first kappa shape index (κ1) is 18.3. The summed E-state index contributed by atoms with van der Waals surface area (Å²) in [4.78, 5) is 0. The molecule has 117 valence electrons. The summed E-state index contributed by atoms with van der Waals surface area (Å²) in [7, 11) is 1.92. The lowest BCUT2D eigenvalue weighted by Crippen LogP contribution is -2.27. The Morgan fingerprint density at radius 2 is 1.81 bits per heavy atom. The summed E-state index contributed by atoms with van der Waals surface area (Å²) in [6.45, 7) is 8.91. The Morgan fingerprint density at radius 1 is 1.24 bits per heavy atom. The molecule has 3 heteroatoms. The summed E-state index contributed by atoms with van der Waals surface area (Å²) in [5.74, 6) is 0.517. The number of allylic oxidation sites excluding steroid dienone is 2. The highest BCUT2D eigenvalue weighted by Crippen LogP contribution is 2.46. The minimum Gasteiger partial charge on any atom is -0.374 e. The Bertz CT molecular complexity index is 399. The number of hydrogen-bond acceptors (Lipinski definition) is 2. The standard InChI is InChI=1S/C18H32BN2/c1-5-16(13-15(2)14-20)17(3)9-6-7-11-18(4,19-21)12-8-10-17/h13,16H,5-12,21H2,1-4H3/b15-13+. The molecule has 2 nitrogen and oxygen atoms in total. The van der Waals surface area contributed by atoms with Crippen molar-refractivity contribution in [2.75, 3.05) is 0 Å². The van der Waals surface area contributed by atoms with Crippen LogP contribution in [0.5, 0.6) is 0 Å². The van der Waals surface area contributed by atoms with E-state index < -0.39 is 0 Å². The second kappa shape index (κ2) is 8.04. The summed E-state index contributed by atoms with van der Waals surface area (Å²) in [6.07, 6.45) is 12.0. The minimum absolute atomic E-state index is 0.214. The van der Waals surface area contributed by atoms with Gasteiger partial charge in [-0.15, -0.1) is 0 Å². The van der Waals surface area contributed by atoms with Crippen molar-refractivity contribution in [3.05, 3.63) is 11.6 Å². The van der Waals surface area contributed by atoms with Gasteiger partial charge in [-0.2, -0.15) is 5.26 Å². The highest BCUT2D eigenvalue weighted by molar-refractivity contribution is 6.35. The van der Waals surface area contributed by atoms with E-state index >= 15 is 0 Å². The lowest BCUT2D eigenvalue weighted by molar-refractivity contribution is 0.176. The maximum atomic E-state index is 9.07. The third-order valence-electron chi connectivity index (χ3n) is 5.61. The van der Waals surface area contributed by atoms with Gasteiger partial charge < -0.3 is 5.64 Å². The predicted molar refractivity (Wildman–Crippen MR) is 91.9 cm³/mol. The Morgan fingerprint density at radius 3 is 2.38 bits per heavy atom. The van der Waals surface area contributed by atoms with E-state index in [4.69, 9.17) is 10.9 Å². The quantitative estimate of drug-likeness (QED) is 0.585. The number of rotatable bonds is 4. The van der Waals surface area contributed by atoms with Gasteiger partial charge in [-0.25, -0.2) is 0 Å². The van der Waals surface area contributed by atoms with Gasteiger partial charge >= 0.3 is 0 Å². The van der Waals surface area contributed by atoms with Crippen LogP contribution < -0.4 is 5.64 Å². The molecule has 1 fully saturated rings. The predicted octanol–water partition coefficient (Wildman–Crippen LogP) is 4.99. The van der Waals surface area contributed by atoms with Crippen LogP contribution in [0, 0.1) is 22.7 Å². The topological polar surface area (TPSA) is 49.8 Å². The van der Waals surface area contributed by atoms with Crippen molar-refractivity contribution < 1.29 is 0 Å². The van der Waals surface area contributed by atoms with Gasteiger partial charge in [0, 0.05) is 5.57 Å². The van der Waals surface area contributed by atoms with Crippen molar-refractivity contribution in [1.82, 2.24) is 0 Å². The van der Waals surface area contributed by atoms with Crippen LogP contribution >= 0.6 is 0 Å². The summed E-state index contributed by atoms with van der Waals surface area (Å²) in [6, 6.07) is 2.29. The first-order chi connectivity index (χ1) is 9.89. The van der Waals surface area contributed by atoms with Crippen LogP contribution in [0.4, 0.5) is 0 Å². The number of nitriles is 1. The first-order valence-electron chi connectivity index (χ1n) is 8.54. The fourth-order valence-corrected chi connectivity index (χ4v) is 3.89. The summed E-state index contributed by atoms with van der Waals surface area (Å²) in [5, 5.41) is 9.28. The molecule has 0 heterocycles. The summed E-state index contributed by atoms with van der Waals surface area (Å²) in [5.41, 5.74) is 7.07. The molecular formula is C18H32BN2. The van der Waals surface area contributed by atoms with Crippen molar-refractivity contribution in [1.29, 1.82) is 5.26 Å². The average molecular weight is 287 g/mol. The van der Waals surface area contributed by atoms with Crippen LogP contribution in [0.15, 0.2) is 11.6 Å². The number of nitrogens with two attached hydrogens (primary N) is 1. The van der Waals surface area contributed by atoms with E-state index in [1.165, 1.54) is 44.9 Å². The van der Waals surface area contributed by atoms with Gasteiger partial charge in [0.1, 0.15) is 0 Å². The lowest BCUT2D eigenvalue weighted by atomic mass is 9.57. The highest BCUT2D eigenvalue weighted by atomic mass is 14.4. The van der Waals surface area contributed by atoms with Gasteiger partial charge in [0.25, 0.3) is 0 Å². The maximum Gasteiger partial charge on any atom is 0.209 e. The molecule has 1 radical (unpaired) electrons. The summed E-state index contributed by atoms with van der Waals surface area (Å²) < 4.78 is 0. The second-order valence-corrected chi connectivity index (χ2v) is 7.51. The van der Waals surface area contributed by atoms with Gasteiger partial charge in [0.05, 0.1) is 6.07 Å². The van der Waals surface area contributed by atoms with E-state index in [-0.39, 0.29) is 5.31 Å². The molecule has 0 aromatic carbocycles. The first-order valence-corrected chi connectivity index (χ1v) is 8.54. The molecule has 2 N–H and O–H groups in total. The highest BCUT2D eigenvalue weighted by Gasteiger charge is 2.34. The van der Waals surface area contributed by atoms with E-state index in [1.54, 1.807) is 0 Å². The van der Waals surface area contributed by atoms with E-state index in [0.29, 0.717) is 11.3 Å². The van der Waals surface area contributed by atoms with Crippen LogP contribution in [-0.4, -0.2) is 7.41 Å². The van der Waals surface area contributed by atoms with E-state index in [2.05, 4.69) is 32.9 Å². The number of hydrogen-bond donors (Lipinski definition) is 1. The van der Waals surface area contributed by atoms with Crippen LogP contribution in [-0.2, 0) is 0 Å². The van der Waals surface area contributed by atoms with Crippen LogP contribution in [0.25, 0.3) is 0 Å². The Labute approximate surface area is 132 Å². The van der Waals surface area contributed by atoms with Crippen LogP contribution in [0.3, 0.4) is 0 Å². The van der Waals surface area contributed by atoms with Gasteiger partial charge in [0.2, 0.25) is 7.41 Å². The molecule has 21 heavy (non-hydrogen) atoms. The largest absolute Gasteiger partial charge is 0.374 e. The molecule has 1 rings (SSSR count). The van der Waals surface area contributed by atoms with Gasteiger partial charge in [-0.05, 0) is 42.8 Å². The molecule has 1 saturated carbocycles. The molecule has 0 saturated heterocycles. The van der Waals surface area contributed by atoms with Crippen molar-refractivity contribution >= 4 is 7.41 Å². The van der Waals surface area contributed by atoms with E-state index in [0.717, 1.165) is 12.0 Å². The van der Waals surface area contributed by atoms with Crippen molar-refractivity contribution in [2.45, 2.75) is 84.4 Å². The zero-order chi connectivity index (χ0) is 15.9. The molecule has 0 spiro atoms. The Kier molecular flexibility index (Phi) is 7.01. The SMILES string of the molecule is CCC(/C=C(\C)C#N)C1(C)CCCCC(C)([B]N)CCC1. The number of nitrogens with zero attached hydrogens (tertiary/aromatic N) is 1. The van der Waals surface area contributed by atoms with Crippen LogP contribution in [0.2, 0.25) is 5.31 Å². The molecule has 1 aliphatic rings. The van der Waals surface area contributed by atoms with Gasteiger partial charge in [-0.1, -0.05) is 59.0 Å². The van der Waals surface area contributed by atoms with E-state index in [9.17, 15) is 0 Å². The fraction of sp³-hybridized carbons (Fsp3) is 0.833. The second-order valence-electron chi connectivity index (χ2n) is 7.51. The van der Waals surface area contributed by atoms with Crippen molar-refractivity contribution in [2.24, 2.45) is 17.0 Å². The van der Waals surface area contributed by atoms with Crippen molar-refractivity contribution in [3.8, 4) is 6.07 Å². The summed E-state index contributed by atoms with van der Waals surface area (Å²) >= 11 is 0. The fourth-order valence-electron chi connectivity index (χ4n) is 3.89. The zero-order valence-electron chi connectivity index (χ0n) is 14.4. The normalized spacial score (nSPS) is 33.2. The third-order valence-corrected chi connectivity index (χ3v) is 5.61. The lowest BCUT2D eigenvalue weighted by Gasteiger charge is -2.36. The molecular weight excluding hydrogens is 255 g/mol. The minimum atomic E-state index is 0.214. The van der Waals surface area contributed by atoms with Gasteiger partial charge in [0.15, 0.2) is 0 Å². The third kappa shape index (κ3) is 5.18. The smallest absolute Gasteiger partial charge is 0.209 e. The zero-order valence-corrected chi connectivity index (χ0v) is 14.4. The Hall–Kier alpha value is -0.745. The van der Waals surface area contributed by atoms with Crippen LogP contribution in [0.1, 0.15) is 79.1 Å². The molecule has 3 atom stereocenters. The molecule has 0 aromatic rings. The van der Waals surface area contributed by atoms with Crippen molar-refractivity contribution in [3.63, 3.8) is 0 Å². The maximum absolute atomic E-state index is 9.07. The van der Waals surface area contributed by atoms with Gasteiger partial charge in [-0.3, -0.25) is 0 Å². The molecule has 0 aromatic heterocycles. The molecule has 0 aliphatic heterocycles. The van der Waals surface area contributed by atoms with E-state index in [1.807, 2.05) is 14.3 Å². The Balaban J connectivity index is 2.86. The molecule has 0 bridgehead atoms.